The molecule has 0 fully saturated rings. The van der Waals surface area contributed by atoms with Gasteiger partial charge in [-0.05, 0) is 44.4 Å². The summed E-state index contributed by atoms with van der Waals surface area (Å²) in [4.78, 5) is 16.6. The van der Waals surface area contributed by atoms with E-state index in [1.807, 2.05) is 0 Å². The summed E-state index contributed by atoms with van der Waals surface area (Å²) in [6.45, 7) is 5.76. The summed E-state index contributed by atoms with van der Waals surface area (Å²) in [7, 11) is 0. The van der Waals surface area contributed by atoms with Crippen molar-refractivity contribution in [2.24, 2.45) is 0 Å². The zero-order valence-corrected chi connectivity index (χ0v) is 13.6. The Morgan fingerprint density at radius 3 is 2.46 bits per heavy atom. The molecule has 0 saturated heterocycles. The average molecular weight is 346 g/mol. The third kappa shape index (κ3) is 4.46. The van der Waals surface area contributed by atoms with Gasteiger partial charge in [0.2, 0.25) is 5.95 Å². The largest absolute Gasteiger partial charge is 0.444 e. The molecule has 1 aliphatic rings. The summed E-state index contributed by atoms with van der Waals surface area (Å²) in [6.07, 6.45) is -2.25. The lowest BCUT2D eigenvalue weighted by atomic mass is 10.00. The number of carbonyl (C=O) groups excluding carboxylic acids is 1. The van der Waals surface area contributed by atoms with Crippen LogP contribution < -0.4 is 0 Å². The van der Waals surface area contributed by atoms with Gasteiger partial charge in [0.1, 0.15) is 11.2 Å². The highest BCUT2D eigenvalue weighted by Crippen LogP contribution is 2.33. The van der Waals surface area contributed by atoms with Gasteiger partial charge in [-0.3, -0.25) is 0 Å². The van der Waals surface area contributed by atoms with E-state index in [2.05, 4.69) is 4.98 Å². The van der Waals surface area contributed by atoms with Crippen LogP contribution in [0.25, 0.3) is 5.57 Å². The van der Waals surface area contributed by atoms with Gasteiger partial charge in [-0.15, -0.1) is 0 Å². The predicted octanol–water partition coefficient (Wildman–Crippen LogP) is 4.26. The molecule has 132 valence electrons. The van der Waals surface area contributed by atoms with Crippen molar-refractivity contribution in [3.63, 3.8) is 0 Å². The van der Waals surface area contributed by atoms with Gasteiger partial charge in [0.25, 0.3) is 0 Å². The molecule has 2 rings (SSSR count). The van der Waals surface area contributed by atoms with E-state index >= 15 is 0 Å². The minimum Gasteiger partial charge on any atom is -0.444 e. The number of pyridine rings is 1. The first-order valence-electron chi connectivity index (χ1n) is 7.37. The van der Waals surface area contributed by atoms with Crippen molar-refractivity contribution < 1.29 is 27.1 Å². The molecule has 0 spiro atoms. The fraction of sp³-hybridized carbons (Fsp3) is 0.500. The molecule has 2 heterocycles. The van der Waals surface area contributed by atoms with Crippen molar-refractivity contribution in [2.75, 3.05) is 13.1 Å². The number of aromatic nitrogens is 1. The smallest absolute Gasteiger partial charge is 0.420 e. The van der Waals surface area contributed by atoms with Gasteiger partial charge in [0, 0.05) is 19.3 Å². The first kappa shape index (κ1) is 18.2. The van der Waals surface area contributed by atoms with Gasteiger partial charge in [-0.1, -0.05) is 6.08 Å². The molecule has 0 aromatic carbocycles. The second-order valence-corrected chi connectivity index (χ2v) is 6.47. The van der Waals surface area contributed by atoms with E-state index in [1.165, 1.54) is 4.90 Å². The Labute approximate surface area is 137 Å². The van der Waals surface area contributed by atoms with Crippen LogP contribution in [0.3, 0.4) is 0 Å². The summed E-state index contributed by atoms with van der Waals surface area (Å²) in [5, 5.41) is 0. The monoisotopic (exact) mass is 346 g/mol. The van der Waals surface area contributed by atoms with Gasteiger partial charge in [0.15, 0.2) is 0 Å². The van der Waals surface area contributed by atoms with E-state index in [0.29, 0.717) is 18.5 Å². The molecule has 4 nitrogen and oxygen atoms in total. The van der Waals surface area contributed by atoms with Crippen LogP contribution in [0.1, 0.15) is 38.3 Å². The summed E-state index contributed by atoms with van der Waals surface area (Å²) >= 11 is 0. The third-order valence-electron chi connectivity index (χ3n) is 3.38. The van der Waals surface area contributed by atoms with Crippen LogP contribution in [-0.4, -0.2) is 34.7 Å². The van der Waals surface area contributed by atoms with Gasteiger partial charge < -0.3 is 9.64 Å². The summed E-state index contributed by atoms with van der Waals surface area (Å²) < 4.78 is 56.7. The van der Waals surface area contributed by atoms with E-state index in [0.717, 1.165) is 12.3 Å². The van der Waals surface area contributed by atoms with Crippen LogP contribution in [-0.2, 0) is 10.9 Å². The van der Waals surface area contributed by atoms with Crippen molar-refractivity contribution in [1.82, 2.24) is 9.88 Å². The maximum absolute atomic E-state index is 13.2. The second kappa shape index (κ2) is 6.41. The quantitative estimate of drug-likeness (QED) is 0.563. The fourth-order valence-electron chi connectivity index (χ4n) is 2.25. The topological polar surface area (TPSA) is 42.4 Å². The average Bonchev–Trinajstić information content (AvgIpc) is 2.45. The molecule has 0 radical (unpaired) electrons. The van der Waals surface area contributed by atoms with Crippen LogP contribution in [0.15, 0.2) is 18.3 Å². The lowest BCUT2D eigenvalue weighted by Gasteiger charge is -2.29. The molecule has 8 heteroatoms. The Hall–Kier alpha value is -2.12. The maximum Gasteiger partial charge on any atom is 0.420 e. The van der Waals surface area contributed by atoms with E-state index in [-0.39, 0.29) is 12.1 Å². The summed E-state index contributed by atoms with van der Waals surface area (Å²) in [6, 6.07) is 0.747. The first-order chi connectivity index (χ1) is 11.0. The summed E-state index contributed by atoms with van der Waals surface area (Å²) in [5.74, 6) is -1.54. The SMILES string of the molecule is CC(C)(C)OC(=O)N1CC=C(c2cnc(F)c(C(F)(F)F)c2)CC1. The minimum absolute atomic E-state index is 0.201. The number of hydrogen-bond acceptors (Lipinski definition) is 3. The van der Waals surface area contributed by atoms with Crippen molar-refractivity contribution in [3.05, 3.63) is 35.4 Å². The molecule has 1 aliphatic heterocycles. The molecule has 0 bridgehead atoms. The Balaban J connectivity index is 2.15. The van der Waals surface area contributed by atoms with E-state index in [4.69, 9.17) is 4.74 Å². The lowest BCUT2D eigenvalue weighted by Crippen LogP contribution is -2.39. The van der Waals surface area contributed by atoms with Gasteiger partial charge in [-0.2, -0.15) is 17.6 Å². The minimum atomic E-state index is -4.80. The van der Waals surface area contributed by atoms with Crippen LogP contribution >= 0.6 is 0 Å². The van der Waals surface area contributed by atoms with E-state index in [1.54, 1.807) is 26.8 Å². The summed E-state index contributed by atoms with van der Waals surface area (Å²) in [5.41, 5.74) is -1.22. The third-order valence-corrected chi connectivity index (χ3v) is 3.38. The van der Waals surface area contributed by atoms with Crippen LogP contribution in [0, 0.1) is 5.95 Å². The molecular formula is C16H18F4N2O2. The molecule has 1 aromatic heterocycles. The molecule has 1 amide bonds. The Morgan fingerprint density at radius 1 is 1.29 bits per heavy atom. The molecule has 1 aromatic rings. The van der Waals surface area contributed by atoms with E-state index < -0.39 is 29.4 Å². The van der Waals surface area contributed by atoms with E-state index in [9.17, 15) is 22.4 Å². The molecule has 0 atom stereocenters. The van der Waals surface area contributed by atoms with Crippen LogP contribution in [0.2, 0.25) is 0 Å². The standard InChI is InChI=1S/C16H18F4N2O2/c1-15(2,3)24-14(23)22-6-4-10(5-7-22)11-8-12(16(18,19)20)13(17)21-9-11/h4,8-9H,5-7H2,1-3H3. The Kier molecular flexibility index (Phi) is 4.87. The normalized spacial score (nSPS) is 16.0. The van der Waals surface area contributed by atoms with Gasteiger partial charge in [-0.25, -0.2) is 9.78 Å². The van der Waals surface area contributed by atoms with Crippen molar-refractivity contribution in [1.29, 1.82) is 0 Å². The zero-order chi connectivity index (χ0) is 18.1. The molecule has 0 saturated carbocycles. The number of alkyl halides is 3. The number of carbonyl (C=O) groups is 1. The second-order valence-electron chi connectivity index (χ2n) is 6.47. The van der Waals surface area contributed by atoms with Crippen molar-refractivity contribution in [2.45, 2.75) is 39.0 Å². The number of nitrogens with zero attached hydrogens (tertiary/aromatic N) is 2. The molecular weight excluding hydrogens is 328 g/mol. The molecule has 24 heavy (non-hydrogen) atoms. The Bertz CT molecular complexity index is 663. The number of ether oxygens (including phenoxy) is 1. The molecule has 0 unspecified atom stereocenters. The molecule has 0 N–H and O–H groups in total. The zero-order valence-electron chi connectivity index (χ0n) is 13.6. The highest BCUT2D eigenvalue weighted by molar-refractivity contribution is 5.72. The fourth-order valence-corrected chi connectivity index (χ4v) is 2.25. The van der Waals surface area contributed by atoms with Crippen molar-refractivity contribution in [3.8, 4) is 0 Å². The van der Waals surface area contributed by atoms with Gasteiger partial charge >= 0.3 is 12.3 Å². The molecule has 0 aliphatic carbocycles. The van der Waals surface area contributed by atoms with Crippen LogP contribution in [0.4, 0.5) is 22.4 Å². The van der Waals surface area contributed by atoms with Gasteiger partial charge in [0.05, 0.1) is 0 Å². The maximum atomic E-state index is 13.2. The first-order valence-corrected chi connectivity index (χ1v) is 7.37. The number of rotatable bonds is 1. The highest BCUT2D eigenvalue weighted by Gasteiger charge is 2.35. The number of amides is 1. The number of hydrogen-bond donors (Lipinski definition) is 0. The lowest BCUT2D eigenvalue weighted by molar-refractivity contribution is -0.140. The number of halogens is 4. The highest BCUT2D eigenvalue weighted by atomic mass is 19.4. The van der Waals surface area contributed by atoms with Crippen molar-refractivity contribution >= 4 is 11.7 Å². The van der Waals surface area contributed by atoms with Crippen LogP contribution in [0.5, 0.6) is 0 Å². The predicted molar refractivity (Wildman–Crippen MR) is 79.6 cm³/mol. The Morgan fingerprint density at radius 2 is 1.96 bits per heavy atom.